The quantitative estimate of drug-likeness (QED) is 0.235. The SMILES string of the molecule is CCC(CC)CC1(O)CCN(C(=O)Nc2cc(Oc3ccc(F)cc3)cc(Oc3ccc(C(=O)O)cc3F)c2)CC1. The number of likely N-dealkylation sites (tertiary alicyclic amines) is 1. The first-order chi connectivity index (χ1) is 19.6. The number of aliphatic hydroxyl groups is 1. The van der Waals surface area contributed by atoms with Crippen molar-refractivity contribution in [3.8, 4) is 23.0 Å². The molecule has 3 aromatic rings. The van der Waals surface area contributed by atoms with Crippen molar-refractivity contribution >= 4 is 17.7 Å². The molecule has 218 valence electrons. The number of aromatic carboxylic acids is 1. The predicted octanol–water partition coefficient (Wildman–Crippen LogP) is 7.43. The predicted molar refractivity (Wildman–Crippen MR) is 150 cm³/mol. The first-order valence-electron chi connectivity index (χ1n) is 13.6. The number of rotatable bonds is 10. The molecule has 0 unspecified atom stereocenters. The number of anilines is 1. The monoisotopic (exact) mass is 568 g/mol. The van der Waals surface area contributed by atoms with Crippen LogP contribution in [0.1, 0.15) is 56.3 Å². The third kappa shape index (κ3) is 7.94. The molecular formula is C31H34F2N2O6. The molecule has 4 rings (SSSR count). The second kappa shape index (κ2) is 13.0. The van der Waals surface area contributed by atoms with E-state index in [1.54, 1.807) is 11.0 Å². The molecule has 10 heteroatoms. The Hall–Kier alpha value is -4.18. The topological polar surface area (TPSA) is 108 Å². The third-order valence-corrected chi connectivity index (χ3v) is 7.39. The number of carbonyl (C=O) groups is 2. The molecule has 8 nitrogen and oxygen atoms in total. The number of amides is 2. The van der Waals surface area contributed by atoms with Crippen LogP contribution in [-0.2, 0) is 0 Å². The number of nitrogens with zero attached hydrogens (tertiary/aromatic N) is 1. The zero-order chi connectivity index (χ0) is 29.6. The lowest BCUT2D eigenvalue weighted by Gasteiger charge is -2.39. The Morgan fingerprint density at radius 2 is 1.56 bits per heavy atom. The van der Waals surface area contributed by atoms with Crippen LogP contribution in [0.3, 0.4) is 0 Å². The first-order valence-corrected chi connectivity index (χ1v) is 13.6. The van der Waals surface area contributed by atoms with Crippen LogP contribution in [0.25, 0.3) is 0 Å². The summed E-state index contributed by atoms with van der Waals surface area (Å²) in [7, 11) is 0. The van der Waals surface area contributed by atoms with Gasteiger partial charge in [-0.1, -0.05) is 26.7 Å². The number of ether oxygens (including phenoxy) is 2. The molecule has 0 spiro atoms. The number of carboxylic acid groups (broad SMARTS) is 1. The molecule has 1 aliphatic heterocycles. The summed E-state index contributed by atoms with van der Waals surface area (Å²) >= 11 is 0. The van der Waals surface area contributed by atoms with Crippen LogP contribution in [-0.4, -0.2) is 45.8 Å². The van der Waals surface area contributed by atoms with Gasteiger partial charge >= 0.3 is 12.0 Å². The smallest absolute Gasteiger partial charge is 0.335 e. The lowest BCUT2D eigenvalue weighted by molar-refractivity contribution is -0.0309. The highest BCUT2D eigenvalue weighted by atomic mass is 19.1. The minimum Gasteiger partial charge on any atom is -0.478 e. The molecule has 1 saturated heterocycles. The van der Waals surface area contributed by atoms with Crippen LogP contribution in [0.15, 0.2) is 60.7 Å². The molecule has 0 radical (unpaired) electrons. The van der Waals surface area contributed by atoms with E-state index in [1.165, 1.54) is 48.5 Å². The van der Waals surface area contributed by atoms with E-state index in [0.29, 0.717) is 49.7 Å². The maximum Gasteiger partial charge on any atom is 0.335 e. The molecule has 1 aliphatic rings. The summed E-state index contributed by atoms with van der Waals surface area (Å²) in [6.45, 7) is 5.01. The number of benzene rings is 3. The molecule has 0 bridgehead atoms. The summed E-state index contributed by atoms with van der Waals surface area (Å²) in [6, 6.07) is 12.7. The van der Waals surface area contributed by atoms with Crippen molar-refractivity contribution in [3.63, 3.8) is 0 Å². The average Bonchev–Trinajstić information content (AvgIpc) is 2.94. The minimum absolute atomic E-state index is 0.111. The van der Waals surface area contributed by atoms with Crippen molar-refractivity contribution in [2.75, 3.05) is 18.4 Å². The van der Waals surface area contributed by atoms with Gasteiger partial charge in [-0.15, -0.1) is 0 Å². The number of urea groups is 1. The van der Waals surface area contributed by atoms with Gasteiger partial charge in [0.1, 0.15) is 23.1 Å². The Morgan fingerprint density at radius 1 is 0.927 bits per heavy atom. The van der Waals surface area contributed by atoms with Gasteiger partial charge in [0.15, 0.2) is 11.6 Å². The summed E-state index contributed by atoms with van der Waals surface area (Å²) in [5.41, 5.74) is -0.730. The molecule has 0 saturated carbocycles. The van der Waals surface area contributed by atoms with Crippen molar-refractivity contribution in [1.29, 1.82) is 0 Å². The fourth-order valence-corrected chi connectivity index (χ4v) is 4.89. The van der Waals surface area contributed by atoms with Crippen molar-refractivity contribution < 1.29 is 38.1 Å². The second-order valence-electron chi connectivity index (χ2n) is 10.3. The van der Waals surface area contributed by atoms with Gasteiger partial charge in [0.2, 0.25) is 0 Å². The normalized spacial score (nSPS) is 14.5. The molecule has 41 heavy (non-hydrogen) atoms. The summed E-state index contributed by atoms with van der Waals surface area (Å²) in [4.78, 5) is 25.9. The van der Waals surface area contributed by atoms with Gasteiger partial charge in [-0.3, -0.25) is 0 Å². The van der Waals surface area contributed by atoms with Crippen LogP contribution in [0.4, 0.5) is 19.3 Å². The number of nitrogens with one attached hydrogen (secondary N) is 1. The Kier molecular flexibility index (Phi) is 9.44. The fraction of sp³-hybridized carbons (Fsp3) is 0.355. The summed E-state index contributed by atoms with van der Waals surface area (Å²) < 4.78 is 39.5. The Balaban J connectivity index is 1.52. The second-order valence-corrected chi connectivity index (χ2v) is 10.3. The van der Waals surface area contributed by atoms with E-state index < -0.39 is 23.2 Å². The van der Waals surface area contributed by atoms with Crippen molar-refractivity contribution in [2.24, 2.45) is 5.92 Å². The number of hydrogen-bond donors (Lipinski definition) is 3. The summed E-state index contributed by atoms with van der Waals surface area (Å²) in [5.74, 6) is -1.71. The van der Waals surface area contributed by atoms with E-state index >= 15 is 0 Å². The Labute approximate surface area is 237 Å². The lowest BCUT2D eigenvalue weighted by atomic mass is 9.81. The van der Waals surface area contributed by atoms with Crippen molar-refractivity contribution in [3.05, 3.63) is 77.9 Å². The van der Waals surface area contributed by atoms with E-state index in [2.05, 4.69) is 19.2 Å². The zero-order valence-corrected chi connectivity index (χ0v) is 23.0. The maximum absolute atomic E-state index is 14.6. The van der Waals surface area contributed by atoms with Gasteiger partial charge in [-0.2, -0.15) is 0 Å². The maximum atomic E-state index is 14.6. The zero-order valence-electron chi connectivity index (χ0n) is 23.0. The summed E-state index contributed by atoms with van der Waals surface area (Å²) in [5, 5.41) is 23.0. The molecular weight excluding hydrogens is 534 g/mol. The highest BCUT2D eigenvalue weighted by Crippen LogP contribution is 2.35. The highest BCUT2D eigenvalue weighted by molar-refractivity contribution is 5.90. The molecule has 2 amide bonds. The van der Waals surface area contributed by atoms with Crippen molar-refractivity contribution in [2.45, 2.75) is 51.6 Å². The van der Waals surface area contributed by atoms with E-state index in [4.69, 9.17) is 14.6 Å². The Morgan fingerprint density at radius 3 is 2.15 bits per heavy atom. The van der Waals surface area contributed by atoms with Gasteiger partial charge in [0.25, 0.3) is 0 Å². The van der Waals surface area contributed by atoms with Gasteiger partial charge in [0.05, 0.1) is 11.2 Å². The van der Waals surface area contributed by atoms with Crippen LogP contribution in [0, 0.1) is 17.6 Å². The molecule has 1 heterocycles. The Bertz CT molecular complexity index is 1370. The fourth-order valence-electron chi connectivity index (χ4n) is 4.89. The van der Waals surface area contributed by atoms with Gasteiger partial charge in [0, 0.05) is 37.0 Å². The minimum atomic E-state index is -1.28. The first kappa shape index (κ1) is 29.8. The molecule has 1 fully saturated rings. The largest absolute Gasteiger partial charge is 0.478 e. The number of piperidine rings is 1. The van der Waals surface area contributed by atoms with Crippen LogP contribution in [0.2, 0.25) is 0 Å². The van der Waals surface area contributed by atoms with Crippen LogP contribution in [0.5, 0.6) is 23.0 Å². The van der Waals surface area contributed by atoms with E-state index in [0.717, 1.165) is 18.9 Å². The molecule has 0 aromatic heterocycles. The van der Waals surface area contributed by atoms with E-state index in [-0.39, 0.29) is 28.8 Å². The highest BCUT2D eigenvalue weighted by Gasteiger charge is 2.35. The molecule has 0 aliphatic carbocycles. The van der Waals surface area contributed by atoms with E-state index in [1.807, 2.05) is 0 Å². The standard InChI is InChI=1S/C31H34F2N2O6/c1-3-20(4-2)19-31(39)11-13-35(14-12-31)30(38)34-23-16-25(40-24-8-6-22(32)7-9-24)18-26(17-23)41-28-10-5-21(29(36)37)15-27(28)33/h5-10,15-18,20,39H,3-4,11-14,19H2,1-2H3,(H,34,38)(H,36,37). The number of halogens is 2. The van der Waals surface area contributed by atoms with Crippen LogP contribution >= 0.6 is 0 Å². The number of carboxylic acids is 1. The summed E-state index contributed by atoms with van der Waals surface area (Å²) in [6.07, 6.45) is 3.66. The van der Waals surface area contributed by atoms with Gasteiger partial charge < -0.3 is 29.9 Å². The van der Waals surface area contributed by atoms with Crippen molar-refractivity contribution in [1.82, 2.24) is 4.90 Å². The average molecular weight is 569 g/mol. The third-order valence-electron chi connectivity index (χ3n) is 7.39. The molecule has 3 N–H and O–H groups in total. The molecule has 3 aromatic carbocycles. The van der Waals surface area contributed by atoms with Gasteiger partial charge in [-0.05, 0) is 67.6 Å². The molecule has 0 atom stereocenters. The number of carbonyl (C=O) groups excluding carboxylic acids is 1. The number of hydrogen-bond acceptors (Lipinski definition) is 5. The lowest BCUT2D eigenvalue weighted by Crippen LogP contribution is -2.48. The van der Waals surface area contributed by atoms with Gasteiger partial charge in [-0.25, -0.2) is 18.4 Å². The van der Waals surface area contributed by atoms with E-state index in [9.17, 15) is 23.5 Å². The van der Waals surface area contributed by atoms with Crippen LogP contribution < -0.4 is 14.8 Å².